The van der Waals surface area contributed by atoms with Crippen molar-refractivity contribution in [1.29, 1.82) is 0 Å². The second kappa shape index (κ2) is 7.82. The molecule has 0 spiro atoms. The van der Waals surface area contributed by atoms with Gasteiger partial charge in [0.25, 0.3) is 5.91 Å². The first-order chi connectivity index (χ1) is 10.6. The molecule has 0 atom stereocenters. The molecule has 2 aromatic rings. The maximum atomic E-state index is 12.9. The van der Waals surface area contributed by atoms with Gasteiger partial charge >= 0.3 is 0 Å². The summed E-state index contributed by atoms with van der Waals surface area (Å²) < 4.78 is 28.5. The molecule has 1 aromatic carbocycles. The Kier molecular flexibility index (Phi) is 5.80. The molecule has 0 saturated heterocycles. The van der Waals surface area contributed by atoms with Crippen LogP contribution in [0.15, 0.2) is 34.7 Å². The molecule has 0 saturated carbocycles. The predicted molar refractivity (Wildman–Crippen MR) is 78.7 cm³/mol. The van der Waals surface area contributed by atoms with Crippen molar-refractivity contribution < 1.29 is 23.1 Å². The van der Waals surface area contributed by atoms with Crippen LogP contribution in [0.25, 0.3) is 0 Å². The van der Waals surface area contributed by atoms with Crippen molar-refractivity contribution in [3.8, 4) is 5.75 Å². The number of amides is 1. The average molecular weight is 328 g/mol. The monoisotopic (exact) mass is 327 g/mol. The normalized spacial score (nSPS) is 10.5. The van der Waals surface area contributed by atoms with Gasteiger partial charge in [-0.15, -0.1) is 0 Å². The largest absolute Gasteiger partial charge is 0.484 e. The van der Waals surface area contributed by atoms with E-state index in [1.807, 2.05) is 0 Å². The van der Waals surface area contributed by atoms with Gasteiger partial charge in [0.15, 0.2) is 5.76 Å². The molecule has 7 heteroatoms. The highest BCUT2D eigenvalue weighted by Crippen LogP contribution is 2.25. The molecule has 1 amide bonds. The van der Waals surface area contributed by atoms with Crippen LogP contribution in [0.1, 0.15) is 16.3 Å². The zero-order valence-electron chi connectivity index (χ0n) is 11.9. The molecular formula is C15H15ClFNO4. The number of hydrogen-bond donors (Lipinski definition) is 1. The third-order valence-electron chi connectivity index (χ3n) is 2.74. The topological polar surface area (TPSA) is 60.7 Å². The summed E-state index contributed by atoms with van der Waals surface area (Å²) in [6.45, 7) is 0.898. The Bertz CT molecular complexity index is 644. The van der Waals surface area contributed by atoms with Gasteiger partial charge in [-0.1, -0.05) is 11.6 Å². The number of hydrogen-bond acceptors (Lipinski definition) is 4. The van der Waals surface area contributed by atoms with E-state index >= 15 is 0 Å². The predicted octanol–water partition coefficient (Wildman–Crippen LogP) is 3.03. The lowest BCUT2D eigenvalue weighted by molar-refractivity contribution is 0.0905. The summed E-state index contributed by atoms with van der Waals surface area (Å²) in [5.74, 6) is 0.205. The molecule has 1 aromatic heterocycles. The summed E-state index contributed by atoms with van der Waals surface area (Å²) >= 11 is 5.85. The summed E-state index contributed by atoms with van der Waals surface area (Å²) in [6, 6.07) is 7.01. The number of halogens is 2. The lowest BCUT2D eigenvalue weighted by Gasteiger charge is -2.06. The summed E-state index contributed by atoms with van der Waals surface area (Å²) in [5.41, 5.74) is 0. The van der Waals surface area contributed by atoms with E-state index in [1.165, 1.54) is 12.1 Å². The van der Waals surface area contributed by atoms with Crippen molar-refractivity contribution in [2.24, 2.45) is 0 Å². The lowest BCUT2D eigenvalue weighted by Crippen LogP contribution is -2.26. The van der Waals surface area contributed by atoms with Crippen LogP contribution in [-0.4, -0.2) is 26.2 Å². The molecule has 2 rings (SSSR count). The van der Waals surface area contributed by atoms with E-state index in [0.717, 1.165) is 6.07 Å². The van der Waals surface area contributed by atoms with Crippen molar-refractivity contribution in [3.63, 3.8) is 0 Å². The third kappa shape index (κ3) is 4.47. The smallest absolute Gasteiger partial charge is 0.287 e. The van der Waals surface area contributed by atoms with Gasteiger partial charge in [0, 0.05) is 13.7 Å². The fraction of sp³-hybridized carbons (Fsp3) is 0.267. The number of ether oxygens (including phenoxy) is 2. The number of carbonyl (C=O) groups is 1. The fourth-order valence-corrected chi connectivity index (χ4v) is 1.89. The first-order valence-corrected chi connectivity index (χ1v) is 6.91. The van der Waals surface area contributed by atoms with Gasteiger partial charge in [-0.05, 0) is 30.3 Å². The second-order valence-corrected chi connectivity index (χ2v) is 4.79. The molecule has 0 fully saturated rings. The van der Waals surface area contributed by atoms with Crippen LogP contribution in [0.2, 0.25) is 5.02 Å². The summed E-state index contributed by atoms with van der Waals surface area (Å²) in [6.07, 6.45) is 0. The van der Waals surface area contributed by atoms with Crippen LogP contribution in [-0.2, 0) is 11.3 Å². The minimum atomic E-state index is -0.439. The van der Waals surface area contributed by atoms with Crippen molar-refractivity contribution >= 4 is 17.5 Å². The van der Waals surface area contributed by atoms with E-state index in [4.69, 9.17) is 25.5 Å². The molecular weight excluding hydrogens is 313 g/mol. The Morgan fingerprint density at radius 2 is 2.18 bits per heavy atom. The van der Waals surface area contributed by atoms with Crippen LogP contribution < -0.4 is 10.1 Å². The quantitative estimate of drug-likeness (QED) is 0.794. The zero-order valence-corrected chi connectivity index (χ0v) is 12.7. The van der Waals surface area contributed by atoms with Gasteiger partial charge in [-0.25, -0.2) is 4.39 Å². The molecule has 0 radical (unpaired) electrons. The lowest BCUT2D eigenvalue weighted by atomic mass is 10.3. The van der Waals surface area contributed by atoms with Gasteiger partial charge in [-0.3, -0.25) is 4.79 Å². The van der Waals surface area contributed by atoms with Gasteiger partial charge in [0.2, 0.25) is 0 Å². The Morgan fingerprint density at radius 3 is 2.91 bits per heavy atom. The fourth-order valence-electron chi connectivity index (χ4n) is 1.67. The molecule has 0 aliphatic heterocycles. The molecule has 0 aliphatic carbocycles. The summed E-state index contributed by atoms with van der Waals surface area (Å²) in [7, 11) is 1.55. The van der Waals surface area contributed by atoms with Crippen molar-refractivity contribution in [3.05, 3.63) is 52.7 Å². The molecule has 1 heterocycles. The number of furan rings is 1. The maximum Gasteiger partial charge on any atom is 0.287 e. The van der Waals surface area contributed by atoms with Crippen LogP contribution in [0, 0.1) is 5.82 Å². The molecule has 5 nitrogen and oxygen atoms in total. The molecule has 1 N–H and O–H groups in total. The highest BCUT2D eigenvalue weighted by molar-refractivity contribution is 6.32. The van der Waals surface area contributed by atoms with Crippen LogP contribution in [0.3, 0.4) is 0 Å². The number of nitrogens with one attached hydrogen (secondary N) is 1. The van der Waals surface area contributed by atoms with E-state index in [2.05, 4.69) is 5.32 Å². The van der Waals surface area contributed by atoms with E-state index in [1.54, 1.807) is 19.2 Å². The highest BCUT2D eigenvalue weighted by Gasteiger charge is 2.11. The van der Waals surface area contributed by atoms with Crippen molar-refractivity contribution in [1.82, 2.24) is 5.32 Å². The SMILES string of the molecule is COCCNC(=O)c1ccc(COc2ccc(F)cc2Cl)o1. The molecule has 22 heavy (non-hydrogen) atoms. The Labute approximate surface area is 132 Å². The number of benzene rings is 1. The van der Waals surface area contributed by atoms with Crippen molar-refractivity contribution in [2.45, 2.75) is 6.61 Å². The minimum absolute atomic E-state index is 0.0801. The standard InChI is InChI=1S/C15H15ClFNO4/c1-20-7-6-18-15(19)14-5-3-11(22-14)9-21-13-4-2-10(17)8-12(13)16/h2-5,8H,6-7,9H2,1H3,(H,18,19). The second-order valence-electron chi connectivity index (χ2n) is 4.38. The van der Waals surface area contributed by atoms with Crippen LogP contribution >= 0.6 is 11.6 Å². The first kappa shape index (κ1) is 16.3. The average Bonchev–Trinajstić information content (AvgIpc) is 2.95. The minimum Gasteiger partial charge on any atom is -0.484 e. The third-order valence-corrected chi connectivity index (χ3v) is 3.04. The Hall–Kier alpha value is -2.05. The number of methoxy groups -OCH3 is 1. The molecule has 118 valence electrons. The maximum absolute atomic E-state index is 12.9. The Balaban J connectivity index is 1.90. The highest BCUT2D eigenvalue weighted by atomic mass is 35.5. The van der Waals surface area contributed by atoms with E-state index in [9.17, 15) is 9.18 Å². The van der Waals surface area contributed by atoms with Gasteiger partial charge in [0.1, 0.15) is 23.9 Å². The van der Waals surface area contributed by atoms with Crippen LogP contribution in [0.4, 0.5) is 4.39 Å². The molecule has 0 bridgehead atoms. The number of carbonyl (C=O) groups excluding carboxylic acids is 1. The van der Waals surface area contributed by atoms with Crippen LogP contribution in [0.5, 0.6) is 5.75 Å². The molecule has 0 aliphatic rings. The van der Waals surface area contributed by atoms with E-state index in [-0.39, 0.29) is 23.3 Å². The number of rotatable bonds is 7. The Morgan fingerprint density at radius 1 is 1.36 bits per heavy atom. The summed E-state index contributed by atoms with van der Waals surface area (Å²) in [5, 5.41) is 2.81. The van der Waals surface area contributed by atoms with E-state index in [0.29, 0.717) is 24.7 Å². The van der Waals surface area contributed by atoms with Gasteiger partial charge in [-0.2, -0.15) is 0 Å². The first-order valence-electron chi connectivity index (χ1n) is 6.54. The van der Waals surface area contributed by atoms with Crippen molar-refractivity contribution in [2.75, 3.05) is 20.3 Å². The van der Waals surface area contributed by atoms with E-state index < -0.39 is 5.82 Å². The molecule has 0 unspecified atom stereocenters. The van der Waals surface area contributed by atoms with Gasteiger partial charge < -0.3 is 19.2 Å². The zero-order chi connectivity index (χ0) is 15.9. The summed E-state index contributed by atoms with van der Waals surface area (Å²) in [4.78, 5) is 11.7. The van der Waals surface area contributed by atoms with Gasteiger partial charge in [0.05, 0.1) is 11.6 Å².